The molecule has 1 fully saturated rings. The molecule has 3 rings (SSSR count). The molecule has 0 saturated heterocycles. The Hall–Kier alpha value is -2.07. The molecule has 2 aromatic rings. The average Bonchev–Trinajstić information content (AvgIpc) is 3.15. The Bertz CT molecular complexity index is 576. The molecule has 4 nitrogen and oxygen atoms in total. The molecule has 1 aromatic heterocycles. The Balaban J connectivity index is 1.76. The lowest BCUT2D eigenvalue weighted by Crippen LogP contribution is -2.88. The zero-order chi connectivity index (χ0) is 14.7. The van der Waals surface area contributed by atoms with E-state index in [1.807, 2.05) is 42.5 Å². The van der Waals surface area contributed by atoms with Gasteiger partial charge in [-0.05, 0) is 31.9 Å². The highest BCUT2D eigenvalue weighted by atomic mass is 16.3. The fraction of sp³-hybridized carbons (Fsp3) is 0.353. The van der Waals surface area contributed by atoms with Gasteiger partial charge in [-0.1, -0.05) is 30.3 Å². The van der Waals surface area contributed by atoms with Crippen molar-refractivity contribution in [2.75, 3.05) is 0 Å². The number of amides is 1. The summed E-state index contributed by atoms with van der Waals surface area (Å²) in [5, 5.41) is 5.16. The van der Waals surface area contributed by atoms with Crippen LogP contribution in [0, 0.1) is 0 Å². The van der Waals surface area contributed by atoms with E-state index in [4.69, 9.17) is 4.42 Å². The number of benzene rings is 1. The number of quaternary nitrogens is 1. The normalized spacial score (nSPS) is 17.2. The molecule has 1 amide bonds. The fourth-order valence-electron chi connectivity index (χ4n) is 2.46. The first kappa shape index (κ1) is 13.9. The number of hydrogen-bond acceptors (Lipinski definition) is 2. The quantitative estimate of drug-likeness (QED) is 0.852. The van der Waals surface area contributed by atoms with Crippen LogP contribution in [0.5, 0.6) is 0 Å². The van der Waals surface area contributed by atoms with Crippen LogP contribution in [0.3, 0.4) is 0 Å². The fourth-order valence-corrected chi connectivity index (χ4v) is 2.46. The third-order valence-electron chi connectivity index (χ3n) is 3.84. The summed E-state index contributed by atoms with van der Waals surface area (Å²) in [6.45, 7) is 2.05. The number of hydrogen-bond donors (Lipinski definition) is 2. The predicted octanol–water partition coefficient (Wildman–Crippen LogP) is 1.92. The number of nitrogens with two attached hydrogens (primary N) is 1. The Morgan fingerprint density at radius 1 is 1.24 bits per heavy atom. The smallest absolute Gasteiger partial charge is 0.283 e. The highest BCUT2D eigenvalue weighted by Gasteiger charge is 2.32. The standard InChI is InChI=1S/C17H20N2O2/c1-12(15-8-5-11-21-15)18-16(13-6-3-2-4-7-13)17(20)19-14-9-10-14/h2-8,11-12,14,16,18H,9-10H2,1H3,(H,19,20)/p+1/t12-,16-/m0/s1. The van der Waals surface area contributed by atoms with Crippen molar-refractivity contribution in [1.29, 1.82) is 0 Å². The van der Waals surface area contributed by atoms with Gasteiger partial charge in [0.25, 0.3) is 5.91 Å². The minimum absolute atomic E-state index is 0.0853. The largest absolute Gasteiger partial charge is 0.463 e. The maximum absolute atomic E-state index is 12.5. The average molecular weight is 285 g/mol. The van der Waals surface area contributed by atoms with Crippen LogP contribution < -0.4 is 10.6 Å². The van der Waals surface area contributed by atoms with Gasteiger partial charge in [-0.2, -0.15) is 0 Å². The molecule has 4 heteroatoms. The molecular formula is C17H21N2O2+. The number of rotatable bonds is 6. The van der Waals surface area contributed by atoms with Crippen LogP contribution in [0.4, 0.5) is 0 Å². The van der Waals surface area contributed by atoms with E-state index in [0.717, 1.165) is 24.2 Å². The van der Waals surface area contributed by atoms with E-state index in [1.165, 1.54) is 0 Å². The van der Waals surface area contributed by atoms with Crippen LogP contribution in [-0.2, 0) is 4.79 Å². The first-order valence-electron chi connectivity index (χ1n) is 7.48. The molecule has 1 saturated carbocycles. The van der Waals surface area contributed by atoms with Gasteiger partial charge in [-0.15, -0.1) is 0 Å². The second kappa shape index (κ2) is 6.14. The summed E-state index contributed by atoms with van der Waals surface area (Å²) >= 11 is 0. The Kier molecular flexibility index (Phi) is 4.06. The number of furan rings is 1. The molecular weight excluding hydrogens is 264 g/mol. The zero-order valence-corrected chi connectivity index (χ0v) is 12.2. The molecule has 1 aliphatic carbocycles. The molecule has 0 spiro atoms. The van der Waals surface area contributed by atoms with E-state index in [9.17, 15) is 4.79 Å². The SMILES string of the molecule is C[C@H]([NH2+][C@H](C(=O)NC1CC1)c1ccccc1)c1ccco1. The van der Waals surface area contributed by atoms with Gasteiger partial charge in [0.2, 0.25) is 0 Å². The van der Waals surface area contributed by atoms with Crippen molar-refractivity contribution in [3.8, 4) is 0 Å². The van der Waals surface area contributed by atoms with Crippen molar-refractivity contribution in [2.45, 2.75) is 37.9 Å². The monoisotopic (exact) mass is 285 g/mol. The van der Waals surface area contributed by atoms with Crippen LogP contribution in [0.25, 0.3) is 0 Å². The van der Waals surface area contributed by atoms with E-state index in [-0.39, 0.29) is 18.0 Å². The summed E-state index contributed by atoms with van der Waals surface area (Å²) in [6, 6.07) is 14.0. The molecule has 1 heterocycles. The molecule has 2 atom stereocenters. The maximum atomic E-state index is 12.5. The van der Waals surface area contributed by atoms with Gasteiger partial charge in [0, 0.05) is 11.6 Å². The summed E-state index contributed by atoms with van der Waals surface area (Å²) in [5.41, 5.74) is 1.02. The lowest BCUT2D eigenvalue weighted by molar-refractivity contribution is -0.721. The Morgan fingerprint density at radius 2 is 2.00 bits per heavy atom. The van der Waals surface area contributed by atoms with Crippen LogP contribution in [0.1, 0.15) is 43.2 Å². The van der Waals surface area contributed by atoms with Gasteiger partial charge in [-0.3, -0.25) is 4.79 Å². The van der Waals surface area contributed by atoms with Crippen molar-refractivity contribution < 1.29 is 14.5 Å². The first-order valence-corrected chi connectivity index (χ1v) is 7.48. The van der Waals surface area contributed by atoms with Crippen molar-refractivity contribution in [1.82, 2.24) is 5.32 Å². The van der Waals surface area contributed by atoms with E-state index >= 15 is 0 Å². The third kappa shape index (κ3) is 3.52. The molecule has 1 aromatic carbocycles. The predicted molar refractivity (Wildman–Crippen MR) is 79.4 cm³/mol. The summed E-state index contributed by atoms with van der Waals surface area (Å²) in [5.74, 6) is 0.970. The third-order valence-corrected chi connectivity index (χ3v) is 3.84. The van der Waals surface area contributed by atoms with Crippen molar-refractivity contribution in [3.05, 3.63) is 60.1 Å². The van der Waals surface area contributed by atoms with Crippen LogP contribution in [0.15, 0.2) is 53.1 Å². The zero-order valence-electron chi connectivity index (χ0n) is 12.2. The van der Waals surface area contributed by atoms with Gasteiger partial charge in [0.15, 0.2) is 11.8 Å². The number of carbonyl (C=O) groups is 1. The molecule has 0 aliphatic heterocycles. The summed E-state index contributed by atoms with van der Waals surface area (Å²) in [6.07, 6.45) is 3.86. The summed E-state index contributed by atoms with van der Waals surface area (Å²) < 4.78 is 5.44. The topological polar surface area (TPSA) is 58.9 Å². The van der Waals surface area contributed by atoms with Gasteiger partial charge in [0.05, 0.1) is 6.26 Å². The molecule has 3 N–H and O–H groups in total. The van der Waals surface area contributed by atoms with Crippen LogP contribution in [0.2, 0.25) is 0 Å². The minimum atomic E-state index is -0.244. The van der Waals surface area contributed by atoms with Gasteiger partial charge >= 0.3 is 0 Å². The summed E-state index contributed by atoms with van der Waals surface area (Å²) in [4.78, 5) is 12.5. The second-order valence-corrected chi connectivity index (χ2v) is 5.67. The number of nitrogens with one attached hydrogen (secondary N) is 1. The summed E-state index contributed by atoms with van der Waals surface area (Å²) in [7, 11) is 0. The van der Waals surface area contributed by atoms with Crippen molar-refractivity contribution >= 4 is 5.91 Å². The van der Waals surface area contributed by atoms with Crippen molar-refractivity contribution in [3.63, 3.8) is 0 Å². The van der Waals surface area contributed by atoms with E-state index in [0.29, 0.717) is 6.04 Å². The maximum Gasteiger partial charge on any atom is 0.283 e. The molecule has 1 aliphatic rings. The first-order chi connectivity index (χ1) is 10.2. The van der Waals surface area contributed by atoms with E-state index in [2.05, 4.69) is 17.6 Å². The lowest BCUT2D eigenvalue weighted by atomic mass is 10.0. The highest BCUT2D eigenvalue weighted by Crippen LogP contribution is 2.20. The molecule has 0 unspecified atom stereocenters. The minimum Gasteiger partial charge on any atom is -0.463 e. The Labute approximate surface area is 124 Å². The molecule has 0 radical (unpaired) electrons. The van der Waals surface area contributed by atoms with E-state index in [1.54, 1.807) is 6.26 Å². The lowest BCUT2D eigenvalue weighted by Gasteiger charge is -2.19. The number of carbonyl (C=O) groups excluding carboxylic acids is 1. The van der Waals surface area contributed by atoms with Gasteiger partial charge in [-0.25, -0.2) is 0 Å². The van der Waals surface area contributed by atoms with Gasteiger partial charge < -0.3 is 15.1 Å². The second-order valence-electron chi connectivity index (χ2n) is 5.67. The highest BCUT2D eigenvalue weighted by molar-refractivity contribution is 5.82. The molecule has 0 bridgehead atoms. The van der Waals surface area contributed by atoms with Gasteiger partial charge in [0.1, 0.15) is 6.04 Å². The van der Waals surface area contributed by atoms with E-state index < -0.39 is 0 Å². The van der Waals surface area contributed by atoms with Crippen LogP contribution in [-0.4, -0.2) is 11.9 Å². The molecule has 21 heavy (non-hydrogen) atoms. The molecule has 110 valence electrons. The van der Waals surface area contributed by atoms with Crippen LogP contribution >= 0.6 is 0 Å². The Morgan fingerprint density at radius 3 is 2.62 bits per heavy atom. The van der Waals surface area contributed by atoms with Crippen molar-refractivity contribution in [2.24, 2.45) is 0 Å².